The molecule has 0 N–H and O–H groups in total. The first-order valence-electron chi connectivity index (χ1n) is 6.33. The first kappa shape index (κ1) is 14.0. The summed E-state index contributed by atoms with van der Waals surface area (Å²) in [5, 5.41) is 0. The van der Waals surface area contributed by atoms with Gasteiger partial charge >= 0.3 is 5.97 Å². The zero-order valence-electron chi connectivity index (χ0n) is 11.3. The van der Waals surface area contributed by atoms with Crippen molar-refractivity contribution in [1.82, 2.24) is 4.90 Å². The second-order valence-corrected chi connectivity index (χ2v) is 5.27. The molecule has 1 atom stereocenters. The van der Waals surface area contributed by atoms with Crippen molar-refractivity contribution in [2.24, 2.45) is 5.41 Å². The maximum absolute atomic E-state index is 12.4. The van der Waals surface area contributed by atoms with Crippen LogP contribution in [0.3, 0.4) is 0 Å². The molecule has 0 aliphatic carbocycles. The van der Waals surface area contributed by atoms with Gasteiger partial charge in [0.05, 0.1) is 7.11 Å². The second-order valence-electron chi connectivity index (χ2n) is 5.27. The molecule has 1 heterocycles. The van der Waals surface area contributed by atoms with Gasteiger partial charge in [0.2, 0.25) is 5.91 Å². The average Bonchev–Trinajstić information content (AvgIpc) is 2.36. The van der Waals surface area contributed by atoms with Crippen LogP contribution in [0.5, 0.6) is 0 Å². The van der Waals surface area contributed by atoms with Crippen LogP contribution in [0, 0.1) is 5.41 Å². The molecule has 4 nitrogen and oxygen atoms in total. The molecule has 1 amide bonds. The molecule has 0 spiro atoms. The molecule has 1 aliphatic heterocycles. The van der Waals surface area contributed by atoms with E-state index in [0.717, 1.165) is 25.7 Å². The highest BCUT2D eigenvalue weighted by molar-refractivity contribution is 5.87. The molecule has 1 aliphatic rings. The summed E-state index contributed by atoms with van der Waals surface area (Å²) in [7, 11) is 1.38. The van der Waals surface area contributed by atoms with Crippen molar-refractivity contribution in [3.8, 4) is 0 Å². The number of amides is 1. The molecule has 17 heavy (non-hydrogen) atoms. The maximum Gasteiger partial charge on any atom is 0.328 e. The molecule has 0 bridgehead atoms. The highest BCUT2D eigenvalue weighted by Gasteiger charge is 2.38. The van der Waals surface area contributed by atoms with Crippen molar-refractivity contribution >= 4 is 11.9 Å². The quantitative estimate of drug-likeness (QED) is 0.710. The lowest BCUT2D eigenvalue weighted by Gasteiger charge is -2.38. The Kier molecular flexibility index (Phi) is 4.54. The number of carbonyl (C=O) groups excluding carboxylic acids is 2. The molecule has 4 heteroatoms. The van der Waals surface area contributed by atoms with Crippen LogP contribution in [0.4, 0.5) is 0 Å². The average molecular weight is 241 g/mol. The molecule has 0 aromatic rings. The van der Waals surface area contributed by atoms with Gasteiger partial charge in [-0.25, -0.2) is 4.79 Å². The van der Waals surface area contributed by atoms with Crippen molar-refractivity contribution in [3.05, 3.63) is 0 Å². The van der Waals surface area contributed by atoms with E-state index in [1.165, 1.54) is 7.11 Å². The van der Waals surface area contributed by atoms with Crippen molar-refractivity contribution < 1.29 is 14.3 Å². The van der Waals surface area contributed by atoms with Crippen molar-refractivity contribution in [2.75, 3.05) is 13.7 Å². The lowest BCUT2D eigenvalue weighted by Crippen LogP contribution is -2.52. The number of hydrogen-bond donors (Lipinski definition) is 0. The predicted molar refractivity (Wildman–Crippen MR) is 65.4 cm³/mol. The highest BCUT2D eigenvalue weighted by atomic mass is 16.5. The fourth-order valence-corrected chi connectivity index (χ4v) is 2.10. The number of nitrogens with zero attached hydrogens (tertiary/aromatic N) is 1. The number of hydrogen-bond acceptors (Lipinski definition) is 3. The zero-order valence-corrected chi connectivity index (χ0v) is 11.3. The van der Waals surface area contributed by atoms with E-state index in [0.29, 0.717) is 6.54 Å². The van der Waals surface area contributed by atoms with Crippen LogP contribution in [0.15, 0.2) is 0 Å². The van der Waals surface area contributed by atoms with Gasteiger partial charge in [-0.2, -0.15) is 0 Å². The third-order valence-corrected chi connectivity index (χ3v) is 3.70. The molecule has 0 saturated carbocycles. The van der Waals surface area contributed by atoms with Crippen molar-refractivity contribution in [1.29, 1.82) is 0 Å². The Bertz CT molecular complexity index is 299. The molecule has 1 saturated heterocycles. The maximum atomic E-state index is 12.4. The molecule has 98 valence electrons. The van der Waals surface area contributed by atoms with E-state index in [2.05, 4.69) is 0 Å². The minimum atomic E-state index is -0.399. The Morgan fingerprint density at radius 1 is 1.35 bits per heavy atom. The van der Waals surface area contributed by atoms with Gasteiger partial charge in [-0.15, -0.1) is 0 Å². The first-order valence-corrected chi connectivity index (χ1v) is 6.33. The third kappa shape index (κ3) is 2.99. The van der Waals surface area contributed by atoms with Gasteiger partial charge in [0.25, 0.3) is 0 Å². The molecule has 0 aromatic heterocycles. The topological polar surface area (TPSA) is 46.6 Å². The summed E-state index contributed by atoms with van der Waals surface area (Å²) in [6, 6.07) is -0.382. The van der Waals surface area contributed by atoms with Crippen LogP contribution in [-0.2, 0) is 14.3 Å². The fourth-order valence-electron chi connectivity index (χ4n) is 2.10. The number of piperidine rings is 1. The van der Waals surface area contributed by atoms with Crippen LogP contribution in [-0.4, -0.2) is 36.5 Å². The number of likely N-dealkylation sites (tertiary alicyclic amines) is 1. The Labute approximate surface area is 103 Å². The minimum Gasteiger partial charge on any atom is -0.467 e. The van der Waals surface area contributed by atoms with Crippen LogP contribution in [0.2, 0.25) is 0 Å². The van der Waals surface area contributed by atoms with E-state index < -0.39 is 5.41 Å². The largest absolute Gasteiger partial charge is 0.467 e. The van der Waals surface area contributed by atoms with Crippen LogP contribution >= 0.6 is 0 Å². The number of rotatable bonds is 3. The zero-order chi connectivity index (χ0) is 13.1. The molecule has 1 rings (SSSR count). The van der Waals surface area contributed by atoms with Gasteiger partial charge in [-0.3, -0.25) is 4.79 Å². The Hall–Kier alpha value is -1.06. The van der Waals surface area contributed by atoms with Gasteiger partial charge in [0.15, 0.2) is 0 Å². The number of methoxy groups -OCH3 is 1. The molecular weight excluding hydrogens is 218 g/mol. The fraction of sp³-hybridized carbons (Fsp3) is 0.846. The van der Waals surface area contributed by atoms with E-state index >= 15 is 0 Å². The summed E-state index contributed by atoms with van der Waals surface area (Å²) >= 11 is 0. The molecular formula is C13H23NO3. The van der Waals surface area contributed by atoms with Gasteiger partial charge in [0, 0.05) is 12.0 Å². The summed E-state index contributed by atoms with van der Waals surface area (Å²) in [5.41, 5.74) is -0.399. The second kappa shape index (κ2) is 5.52. The summed E-state index contributed by atoms with van der Waals surface area (Å²) in [5.74, 6) is -0.222. The van der Waals surface area contributed by atoms with Crippen LogP contribution in [0.1, 0.15) is 46.5 Å². The van der Waals surface area contributed by atoms with E-state index in [1.54, 1.807) is 4.90 Å². The van der Waals surface area contributed by atoms with Gasteiger partial charge in [-0.05, 0) is 25.7 Å². The third-order valence-electron chi connectivity index (χ3n) is 3.70. The number of carbonyl (C=O) groups is 2. The van der Waals surface area contributed by atoms with Gasteiger partial charge < -0.3 is 9.64 Å². The van der Waals surface area contributed by atoms with E-state index in [4.69, 9.17) is 4.74 Å². The van der Waals surface area contributed by atoms with E-state index in [1.807, 2.05) is 20.8 Å². The van der Waals surface area contributed by atoms with E-state index in [-0.39, 0.29) is 17.9 Å². The molecule has 1 fully saturated rings. The van der Waals surface area contributed by atoms with Crippen molar-refractivity contribution in [2.45, 2.75) is 52.5 Å². The lowest BCUT2D eigenvalue weighted by atomic mass is 9.86. The Morgan fingerprint density at radius 3 is 2.53 bits per heavy atom. The smallest absolute Gasteiger partial charge is 0.328 e. The highest BCUT2D eigenvalue weighted by Crippen LogP contribution is 2.28. The normalized spacial score (nSPS) is 21.2. The first-order chi connectivity index (χ1) is 7.94. The summed E-state index contributed by atoms with van der Waals surface area (Å²) in [4.78, 5) is 25.8. The standard InChI is InChI=1S/C13H23NO3/c1-5-13(2,3)12(16)14-9-7-6-8-10(14)11(15)17-4/h10H,5-9H2,1-4H3. The Morgan fingerprint density at radius 2 is 2.00 bits per heavy atom. The van der Waals surface area contributed by atoms with Gasteiger partial charge in [-0.1, -0.05) is 20.8 Å². The molecule has 0 aromatic carbocycles. The SMILES string of the molecule is CCC(C)(C)C(=O)N1CCCCC1C(=O)OC. The number of esters is 1. The lowest BCUT2D eigenvalue weighted by molar-refractivity contribution is -0.158. The predicted octanol–water partition coefficient (Wildman–Crippen LogP) is 1.98. The monoisotopic (exact) mass is 241 g/mol. The molecule has 1 unspecified atom stereocenters. The van der Waals surface area contributed by atoms with Crippen LogP contribution < -0.4 is 0 Å². The molecule has 0 radical (unpaired) electrons. The van der Waals surface area contributed by atoms with E-state index in [9.17, 15) is 9.59 Å². The van der Waals surface area contributed by atoms with Crippen molar-refractivity contribution in [3.63, 3.8) is 0 Å². The summed E-state index contributed by atoms with van der Waals surface area (Å²) < 4.78 is 4.78. The number of ether oxygens (including phenoxy) is 1. The van der Waals surface area contributed by atoms with Crippen LogP contribution in [0.25, 0.3) is 0 Å². The van der Waals surface area contributed by atoms with Gasteiger partial charge in [0.1, 0.15) is 6.04 Å². The minimum absolute atomic E-state index is 0.0649. The summed E-state index contributed by atoms with van der Waals surface area (Å²) in [6.07, 6.45) is 3.45. The summed E-state index contributed by atoms with van der Waals surface area (Å²) in [6.45, 7) is 6.52. The Balaban J connectivity index is 2.85.